The van der Waals surface area contributed by atoms with Gasteiger partial charge in [0.05, 0.1) is 5.56 Å². The maximum Gasteiger partial charge on any atom is 0.255 e. The second-order valence-corrected chi connectivity index (χ2v) is 5.80. The number of amides is 1. The molecule has 19 heavy (non-hydrogen) atoms. The number of phenols is 1. The van der Waals surface area contributed by atoms with Gasteiger partial charge in [0.25, 0.3) is 5.91 Å². The number of aryl methyl sites for hydroxylation is 1. The lowest BCUT2D eigenvalue weighted by Gasteiger charge is -2.29. The topological polar surface area (TPSA) is 61.4 Å². The molecule has 3 rings (SSSR count). The fraction of sp³-hybridized carbons (Fsp3) is 0.533. The van der Waals surface area contributed by atoms with Crippen LogP contribution in [0.3, 0.4) is 0 Å². The highest BCUT2D eigenvalue weighted by molar-refractivity contribution is 5.97. The summed E-state index contributed by atoms with van der Waals surface area (Å²) in [7, 11) is 0. The predicted molar refractivity (Wildman–Crippen MR) is 73.3 cm³/mol. The van der Waals surface area contributed by atoms with Gasteiger partial charge in [-0.2, -0.15) is 0 Å². The van der Waals surface area contributed by atoms with Crippen LogP contribution in [-0.4, -0.2) is 29.1 Å². The van der Waals surface area contributed by atoms with Crippen LogP contribution in [0.1, 0.15) is 41.6 Å². The number of piperidine rings is 1. The van der Waals surface area contributed by atoms with Gasteiger partial charge in [-0.15, -0.1) is 0 Å². The zero-order valence-electron chi connectivity index (χ0n) is 11.1. The third-order valence-corrected chi connectivity index (χ3v) is 4.21. The molecule has 102 valence electrons. The standard InChI is InChI=1S/C15H20N2O2/c1-9-2-5-13(14(18)6-9)15(19)17-12-7-10-3-4-11(8-12)16-10/h2,5-6,10-12,16,18H,3-4,7-8H2,1H3,(H,17,19). The molecular formula is C15H20N2O2. The van der Waals surface area contributed by atoms with E-state index >= 15 is 0 Å². The molecule has 1 amide bonds. The molecule has 2 atom stereocenters. The molecule has 0 radical (unpaired) electrons. The van der Waals surface area contributed by atoms with Crippen molar-refractivity contribution in [1.29, 1.82) is 0 Å². The van der Waals surface area contributed by atoms with Crippen molar-refractivity contribution in [3.05, 3.63) is 29.3 Å². The van der Waals surface area contributed by atoms with Crippen molar-refractivity contribution in [2.75, 3.05) is 0 Å². The van der Waals surface area contributed by atoms with Gasteiger partial charge in [-0.25, -0.2) is 0 Å². The smallest absolute Gasteiger partial charge is 0.255 e. The molecule has 0 aromatic heterocycles. The quantitative estimate of drug-likeness (QED) is 0.758. The average Bonchev–Trinajstić information content (AvgIpc) is 2.68. The predicted octanol–water partition coefficient (Wildman–Crippen LogP) is 1.71. The third-order valence-electron chi connectivity index (χ3n) is 4.21. The van der Waals surface area contributed by atoms with Gasteiger partial charge in [-0.1, -0.05) is 6.07 Å². The largest absolute Gasteiger partial charge is 0.507 e. The lowest BCUT2D eigenvalue weighted by atomic mass is 9.99. The number of aromatic hydroxyl groups is 1. The lowest BCUT2D eigenvalue weighted by Crippen LogP contribution is -2.48. The molecule has 4 heteroatoms. The molecule has 0 saturated carbocycles. The van der Waals surface area contributed by atoms with Gasteiger partial charge >= 0.3 is 0 Å². The summed E-state index contributed by atoms with van der Waals surface area (Å²) >= 11 is 0. The Morgan fingerprint density at radius 2 is 2.00 bits per heavy atom. The lowest BCUT2D eigenvalue weighted by molar-refractivity contribution is 0.0921. The molecule has 2 saturated heterocycles. The van der Waals surface area contributed by atoms with Crippen LogP contribution in [0.5, 0.6) is 5.75 Å². The van der Waals surface area contributed by atoms with E-state index in [9.17, 15) is 9.90 Å². The first-order valence-corrected chi connectivity index (χ1v) is 6.98. The molecule has 2 heterocycles. The number of benzene rings is 1. The summed E-state index contributed by atoms with van der Waals surface area (Å²) < 4.78 is 0. The SMILES string of the molecule is Cc1ccc(C(=O)NC2CC3CCC(C2)N3)c(O)c1. The molecule has 3 N–H and O–H groups in total. The van der Waals surface area contributed by atoms with Gasteiger partial charge in [-0.05, 0) is 50.3 Å². The number of hydrogen-bond donors (Lipinski definition) is 3. The number of rotatable bonds is 2. The Morgan fingerprint density at radius 3 is 2.63 bits per heavy atom. The first-order valence-electron chi connectivity index (χ1n) is 6.98. The molecule has 2 bridgehead atoms. The Labute approximate surface area is 113 Å². The van der Waals surface area contributed by atoms with Crippen molar-refractivity contribution in [1.82, 2.24) is 10.6 Å². The molecule has 2 unspecified atom stereocenters. The minimum absolute atomic E-state index is 0.0643. The summed E-state index contributed by atoms with van der Waals surface area (Å²) in [4.78, 5) is 12.2. The van der Waals surface area contributed by atoms with Crippen molar-refractivity contribution in [2.24, 2.45) is 0 Å². The summed E-state index contributed by atoms with van der Waals surface area (Å²) in [6, 6.07) is 6.50. The molecule has 1 aromatic rings. The second kappa shape index (κ2) is 4.85. The summed E-state index contributed by atoms with van der Waals surface area (Å²) in [6.45, 7) is 1.89. The maximum absolute atomic E-state index is 12.2. The first-order chi connectivity index (χ1) is 9.11. The number of nitrogens with one attached hydrogen (secondary N) is 2. The van der Waals surface area contributed by atoms with E-state index in [0.29, 0.717) is 17.6 Å². The van der Waals surface area contributed by atoms with Gasteiger partial charge < -0.3 is 15.7 Å². The van der Waals surface area contributed by atoms with Gasteiger partial charge in [0.1, 0.15) is 5.75 Å². The maximum atomic E-state index is 12.2. The van der Waals surface area contributed by atoms with Crippen LogP contribution in [0, 0.1) is 6.92 Å². The van der Waals surface area contributed by atoms with Crippen LogP contribution >= 0.6 is 0 Å². The Morgan fingerprint density at radius 1 is 1.32 bits per heavy atom. The summed E-state index contributed by atoms with van der Waals surface area (Å²) in [5.74, 6) is -0.0989. The number of carbonyl (C=O) groups is 1. The van der Waals surface area contributed by atoms with Crippen molar-refractivity contribution in [3.63, 3.8) is 0 Å². The minimum atomic E-state index is -0.163. The van der Waals surface area contributed by atoms with Crippen molar-refractivity contribution in [3.8, 4) is 5.75 Å². The fourth-order valence-corrected chi connectivity index (χ4v) is 3.27. The zero-order chi connectivity index (χ0) is 13.4. The highest BCUT2D eigenvalue weighted by Gasteiger charge is 2.34. The van der Waals surface area contributed by atoms with E-state index in [1.165, 1.54) is 12.8 Å². The highest BCUT2D eigenvalue weighted by Crippen LogP contribution is 2.27. The van der Waals surface area contributed by atoms with E-state index in [0.717, 1.165) is 18.4 Å². The monoisotopic (exact) mass is 260 g/mol. The molecule has 0 aliphatic carbocycles. The molecular weight excluding hydrogens is 240 g/mol. The Balaban J connectivity index is 1.68. The molecule has 2 aliphatic rings. The number of phenolic OH excluding ortho intramolecular Hbond substituents is 1. The zero-order valence-corrected chi connectivity index (χ0v) is 11.1. The molecule has 1 aromatic carbocycles. The van der Waals surface area contributed by atoms with E-state index < -0.39 is 0 Å². The summed E-state index contributed by atoms with van der Waals surface area (Å²) in [5, 5.41) is 16.4. The fourth-order valence-electron chi connectivity index (χ4n) is 3.27. The van der Waals surface area contributed by atoms with E-state index in [2.05, 4.69) is 10.6 Å². The number of hydrogen-bond acceptors (Lipinski definition) is 3. The van der Waals surface area contributed by atoms with E-state index in [1.54, 1.807) is 12.1 Å². The van der Waals surface area contributed by atoms with E-state index in [4.69, 9.17) is 0 Å². The van der Waals surface area contributed by atoms with Crippen molar-refractivity contribution in [2.45, 2.75) is 50.7 Å². The van der Waals surface area contributed by atoms with Crippen LogP contribution in [0.25, 0.3) is 0 Å². The summed E-state index contributed by atoms with van der Waals surface area (Å²) in [6.07, 6.45) is 4.42. The highest BCUT2D eigenvalue weighted by atomic mass is 16.3. The third kappa shape index (κ3) is 2.59. The average molecular weight is 260 g/mol. The van der Waals surface area contributed by atoms with E-state index in [1.807, 2.05) is 13.0 Å². The Kier molecular flexibility index (Phi) is 3.19. The van der Waals surface area contributed by atoms with Crippen LogP contribution < -0.4 is 10.6 Å². The molecule has 2 fully saturated rings. The molecule has 2 aliphatic heterocycles. The van der Waals surface area contributed by atoms with Crippen molar-refractivity contribution >= 4 is 5.91 Å². The minimum Gasteiger partial charge on any atom is -0.507 e. The van der Waals surface area contributed by atoms with E-state index in [-0.39, 0.29) is 17.7 Å². The van der Waals surface area contributed by atoms with Gasteiger partial charge in [0.15, 0.2) is 0 Å². The summed E-state index contributed by atoms with van der Waals surface area (Å²) in [5.41, 5.74) is 1.32. The number of fused-ring (bicyclic) bond motifs is 2. The van der Waals surface area contributed by atoms with Crippen molar-refractivity contribution < 1.29 is 9.90 Å². The molecule has 0 spiro atoms. The first kappa shape index (κ1) is 12.5. The van der Waals surface area contributed by atoms with Crippen LogP contribution in [0.15, 0.2) is 18.2 Å². The van der Waals surface area contributed by atoms with Crippen LogP contribution in [-0.2, 0) is 0 Å². The van der Waals surface area contributed by atoms with Gasteiger partial charge in [-0.3, -0.25) is 4.79 Å². The van der Waals surface area contributed by atoms with Crippen LogP contribution in [0.2, 0.25) is 0 Å². The Hall–Kier alpha value is -1.55. The van der Waals surface area contributed by atoms with Crippen LogP contribution in [0.4, 0.5) is 0 Å². The normalized spacial score (nSPS) is 29.2. The Bertz CT molecular complexity index is 489. The van der Waals surface area contributed by atoms with Gasteiger partial charge in [0.2, 0.25) is 0 Å². The second-order valence-electron chi connectivity index (χ2n) is 5.80. The van der Waals surface area contributed by atoms with Gasteiger partial charge in [0, 0.05) is 18.1 Å². The number of carbonyl (C=O) groups excluding carboxylic acids is 1. The molecule has 4 nitrogen and oxygen atoms in total.